The Morgan fingerprint density at radius 2 is 2.00 bits per heavy atom. The molecule has 0 saturated heterocycles. The van der Waals surface area contributed by atoms with E-state index < -0.39 is 11.8 Å². The molecule has 0 N–H and O–H groups in total. The van der Waals surface area contributed by atoms with E-state index in [1.54, 1.807) is 24.3 Å². The molecule has 0 saturated carbocycles. The Morgan fingerprint density at radius 1 is 1.36 bits per heavy atom. The topological polar surface area (TPSA) is 63.6 Å². The molecule has 0 heterocycles. The van der Waals surface area contributed by atoms with Gasteiger partial charge in [-0.05, 0) is 5.56 Å². The summed E-state index contributed by atoms with van der Waals surface area (Å²) < 4.78 is 0. The third-order valence-corrected chi connectivity index (χ3v) is 1.89. The van der Waals surface area contributed by atoms with Crippen LogP contribution in [0.1, 0.15) is 17.9 Å². The van der Waals surface area contributed by atoms with Crippen molar-refractivity contribution in [3.63, 3.8) is 0 Å². The summed E-state index contributed by atoms with van der Waals surface area (Å²) in [4.78, 5) is 31.2. The Hall–Kier alpha value is -1.84. The summed E-state index contributed by atoms with van der Waals surface area (Å²) in [5.41, 5.74) is 0.722. The van der Waals surface area contributed by atoms with Crippen molar-refractivity contribution in [2.75, 3.05) is 0 Å². The Kier molecular flexibility index (Phi) is 3.67. The van der Waals surface area contributed by atoms with Gasteiger partial charge in [0, 0.05) is 17.5 Å². The molecule has 72 valence electrons. The molecule has 0 spiro atoms. The fourth-order valence-electron chi connectivity index (χ4n) is 1.17. The van der Waals surface area contributed by atoms with Gasteiger partial charge in [0.1, 0.15) is 6.29 Å². The van der Waals surface area contributed by atoms with Crippen LogP contribution in [0.25, 0.3) is 0 Å². The molecule has 4 nitrogen and oxygen atoms in total. The second-order valence-corrected chi connectivity index (χ2v) is 2.84. The maximum Gasteiger partial charge on any atom is 0.287 e. The first kappa shape index (κ1) is 10.2. The number of carbonyl (C=O) groups is 2. The average molecular weight is 191 g/mol. The first-order valence-electron chi connectivity index (χ1n) is 4.14. The van der Waals surface area contributed by atoms with E-state index in [4.69, 9.17) is 0 Å². The molecule has 1 rings (SSSR count). The molecule has 14 heavy (non-hydrogen) atoms. The van der Waals surface area contributed by atoms with Crippen molar-refractivity contribution in [2.45, 2.75) is 12.3 Å². The molecule has 1 atom stereocenters. The minimum absolute atomic E-state index is 0.156. The van der Waals surface area contributed by atoms with E-state index in [0.29, 0.717) is 6.29 Å². The fourth-order valence-corrected chi connectivity index (χ4v) is 1.17. The normalized spacial score (nSPS) is 11.7. The molecule has 1 unspecified atom stereocenters. The third-order valence-electron chi connectivity index (χ3n) is 1.89. The van der Waals surface area contributed by atoms with E-state index in [9.17, 15) is 14.5 Å². The zero-order valence-corrected chi connectivity index (χ0v) is 7.42. The van der Waals surface area contributed by atoms with E-state index in [0.717, 1.165) is 5.56 Å². The first-order valence-corrected chi connectivity index (χ1v) is 4.14. The van der Waals surface area contributed by atoms with Crippen molar-refractivity contribution in [1.82, 2.24) is 0 Å². The number of carbonyl (C=O) groups excluding carboxylic acids is 2. The summed E-state index contributed by atoms with van der Waals surface area (Å²) in [6, 6.07) is 8.81. The molecule has 0 aliphatic carbocycles. The number of hydrogen-bond acceptors (Lipinski definition) is 3. The number of nitroso groups, excluding NO2 is 1. The fraction of sp³-hybridized carbons (Fsp3) is 0.200. The van der Waals surface area contributed by atoms with Crippen LogP contribution in [-0.2, 0) is 9.59 Å². The van der Waals surface area contributed by atoms with Gasteiger partial charge in [0.05, 0.1) is 0 Å². The molecule has 0 aliphatic rings. The van der Waals surface area contributed by atoms with Crippen molar-refractivity contribution < 1.29 is 9.59 Å². The minimum atomic E-state index is -0.800. The third kappa shape index (κ3) is 2.58. The monoisotopic (exact) mass is 191 g/mol. The van der Waals surface area contributed by atoms with Gasteiger partial charge in [0.15, 0.2) is 0 Å². The Balaban J connectivity index is 2.77. The highest BCUT2D eigenvalue weighted by Gasteiger charge is 2.14. The van der Waals surface area contributed by atoms with Gasteiger partial charge in [0.25, 0.3) is 5.91 Å². The van der Waals surface area contributed by atoms with Gasteiger partial charge in [-0.1, -0.05) is 30.3 Å². The summed E-state index contributed by atoms with van der Waals surface area (Å²) in [6.45, 7) is 0. The van der Waals surface area contributed by atoms with Gasteiger partial charge in [-0.15, -0.1) is 4.91 Å². The molecule has 0 radical (unpaired) electrons. The highest BCUT2D eigenvalue weighted by molar-refractivity contribution is 5.81. The zero-order chi connectivity index (χ0) is 10.4. The highest BCUT2D eigenvalue weighted by Crippen LogP contribution is 2.17. The van der Waals surface area contributed by atoms with Gasteiger partial charge < -0.3 is 4.79 Å². The van der Waals surface area contributed by atoms with Crippen molar-refractivity contribution in [1.29, 1.82) is 0 Å². The van der Waals surface area contributed by atoms with Gasteiger partial charge in [0.2, 0.25) is 0 Å². The minimum Gasteiger partial charge on any atom is -0.303 e. The molecular formula is C10H9NO3. The van der Waals surface area contributed by atoms with Crippen molar-refractivity contribution in [3.05, 3.63) is 40.8 Å². The second-order valence-electron chi connectivity index (χ2n) is 2.84. The summed E-state index contributed by atoms with van der Waals surface area (Å²) in [5, 5.41) is 2.25. The van der Waals surface area contributed by atoms with E-state index >= 15 is 0 Å². The number of amides is 1. The van der Waals surface area contributed by atoms with Crippen LogP contribution in [0, 0.1) is 4.91 Å². The lowest BCUT2D eigenvalue weighted by atomic mass is 9.97. The van der Waals surface area contributed by atoms with E-state index in [1.807, 2.05) is 6.07 Å². The number of rotatable bonds is 4. The molecule has 0 aliphatic heterocycles. The number of benzene rings is 1. The smallest absolute Gasteiger partial charge is 0.287 e. The quantitative estimate of drug-likeness (QED) is 0.537. The van der Waals surface area contributed by atoms with Crippen LogP contribution in [-0.4, -0.2) is 12.2 Å². The largest absolute Gasteiger partial charge is 0.303 e. The van der Waals surface area contributed by atoms with E-state index in [-0.39, 0.29) is 6.42 Å². The standard InChI is InChI=1S/C10H9NO3/c12-7-9(6-10(13)11-14)8-4-2-1-3-5-8/h1-5,7,9H,6H2. The van der Waals surface area contributed by atoms with Gasteiger partial charge in [-0.3, -0.25) is 4.79 Å². The lowest BCUT2D eigenvalue weighted by Crippen LogP contribution is -2.05. The lowest BCUT2D eigenvalue weighted by molar-refractivity contribution is -0.120. The first-order chi connectivity index (χ1) is 6.77. The maximum absolute atomic E-state index is 10.7. The van der Waals surface area contributed by atoms with E-state index in [1.165, 1.54) is 0 Å². The van der Waals surface area contributed by atoms with Crippen LogP contribution < -0.4 is 0 Å². The Labute approximate surface area is 80.9 Å². The van der Waals surface area contributed by atoms with Gasteiger partial charge in [-0.25, -0.2) is 0 Å². The van der Waals surface area contributed by atoms with Crippen LogP contribution in [0.3, 0.4) is 0 Å². The predicted molar refractivity (Wildman–Crippen MR) is 50.7 cm³/mol. The lowest BCUT2D eigenvalue weighted by Gasteiger charge is -2.06. The number of hydrogen-bond donors (Lipinski definition) is 0. The van der Waals surface area contributed by atoms with Crippen LogP contribution in [0.15, 0.2) is 35.5 Å². The van der Waals surface area contributed by atoms with Crippen LogP contribution in [0.5, 0.6) is 0 Å². The molecule has 0 aromatic heterocycles. The number of aldehydes is 1. The van der Waals surface area contributed by atoms with Crippen LogP contribution >= 0.6 is 0 Å². The molecule has 4 heteroatoms. The van der Waals surface area contributed by atoms with Crippen molar-refractivity contribution in [3.8, 4) is 0 Å². The van der Waals surface area contributed by atoms with Gasteiger partial charge in [-0.2, -0.15) is 0 Å². The Morgan fingerprint density at radius 3 is 2.50 bits per heavy atom. The Bertz CT molecular complexity index is 334. The molecular weight excluding hydrogens is 182 g/mol. The van der Waals surface area contributed by atoms with Crippen LogP contribution in [0.2, 0.25) is 0 Å². The van der Waals surface area contributed by atoms with Crippen LogP contribution in [0.4, 0.5) is 0 Å². The summed E-state index contributed by atoms with van der Waals surface area (Å²) in [7, 11) is 0. The molecule has 1 aromatic carbocycles. The summed E-state index contributed by atoms with van der Waals surface area (Å²) >= 11 is 0. The summed E-state index contributed by atoms with van der Waals surface area (Å²) in [5.74, 6) is -1.37. The SMILES string of the molecule is O=CC(CC(=O)N=O)c1ccccc1. The van der Waals surface area contributed by atoms with E-state index in [2.05, 4.69) is 5.18 Å². The highest BCUT2D eigenvalue weighted by atomic mass is 16.3. The second kappa shape index (κ2) is 5.01. The predicted octanol–water partition coefficient (Wildman–Crippen LogP) is 1.65. The number of nitrogens with zero attached hydrogens (tertiary/aromatic N) is 1. The maximum atomic E-state index is 10.7. The average Bonchev–Trinajstić information content (AvgIpc) is 2.26. The summed E-state index contributed by atoms with van der Waals surface area (Å²) in [6.07, 6.45) is 0.495. The molecule has 0 fully saturated rings. The molecule has 1 aromatic rings. The van der Waals surface area contributed by atoms with Gasteiger partial charge >= 0.3 is 0 Å². The molecule has 1 amide bonds. The molecule has 0 bridgehead atoms. The zero-order valence-electron chi connectivity index (χ0n) is 7.42. The van der Waals surface area contributed by atoms with Crippen molar-refractivity contribution >= 4 is 12.2 Å². The van der Waals surface area contributed by atoms with Crippen molar-refractivity contribution in [2.24, 2.45) is 5.18 Å².